The first kappa shape index (κ1) is 17.5. The Balaban J connectivity index is 1.74. The summed E-state index contributed by atoms with van der Waals surface area (Å²) in [5.74, 6) is -0.579. The third-order valence-corrected chi connectivity index (χ3v) is 4.54. The first-order chi connectivity index (χ1) is 12.2. The summed E-state index contributed by atoms with van der Waals surface area (Å²) in [6, 6.07) is 9.72. The smallest absolute Gasteiger partial charge is 0.269 e. The molecular weight excluding hydrogens is 321 g/mol. The van der Waals surface area contributed by atoms with Gasteiger partial charge in [0.25, 0.3) is 5.91 Å². The van der Waals surface area contributed by atoms with Gasteiger partial charge in [-0.25, -0.2) is 4.39 Å². The third kappa shape index (κ3) is 4.21. The lowest BCUT2D eigenvalue weighted by molar-refractivity contribution is 0.0932. The van der Waals surface area contributed by atoms with E-state index in [4.69, 9.17) is 0 Å². The summed E-state index contributed by atoms with van der Waals surface area (Å²) < 4.78 is 14.3. The van der Waals surface area contributed by atoms with E-state index in [1.807, 2.05) is 6.07 Å². The Bertz CT molecular complexity index is 732. The molecule has 0 bridgehead atoms. The van der Waals surface area contributed by atoms with Crippen LogP contribution in [0.25, 0.3) is 0 Å². The summed E-state index contributed by atoms with van der Waals surface area (Å²) in [5.41, 5.74) is 1.48. The van der Waals surface area contributed by atoms with Crippen molar-refractivity contribution >= 4 is 5.91 Å². The van der Waals surface area contributed by atoms with Crippen molar-refractivity contribution in [3.8, 4) is 0 Å². The number of hydrogen-bond donors (Lipinski definition) is 2. The number of rotatable bonds is 6. The summed E-state index contributed by atoms with van der Waals surface area (Å²) in [5, 5.41) is 12.0. The summed E-state index contributed by atoms with van der Waals surface area (Å²) >= 11 is 0. The van der Waals surface area contributed by atoms with E-state index < -0.39 is 0 Å². The van der Waals surface area contributed by atoms with Gasteiger partial charge in [-0.1, -0.05) is 18.2 Å². The maximum atomic E-state index is 14.3. The Morgan fingerprint density at radius 2 is 2.04 bits per heavy atom. The zero-order chi connectivity index (χ0) is 17.6. The second kappa shape index (κ2) is 8.18. The highest BCUT2D eigenvalue weighted by atomic mass is 19.1. The number of carbonyl (C=O) groups is 1. The maximum Gasteiger partial charge on any atom is 0.269 e. The van der Waals surface area contributed by atoms with E-state index in [1.165, 1.54) is 12.3 Å². The van der Waals surface area contributed by atoms with Crippen molar-refractivity contribution in [2.45, 2.75) is 25.5 Å². The number of pyridine rings is 1. The van der Waals surface area contributed by atoms with Gasteiger partial charge in [0.15, 0.2) is 0 Å². The number of benzene rings is 1. The second-order valence-corrected chi connectivity index (χ2v) is 6.20. The van der Waals surface area contributed by atoms with Gasteiger partial charge >= 0.3 is 0 Å². The molecule has 25 heavy (non-hydrogen) atoms. The van der Waals surface area contributed by atoms with Gasteiger partial charge in [0.05, 0.1) is 12.6 Å². The van der Waals surface area contributed by atoms with Crippen molar-refractivity contribution in [2.24, 2.45) is 0 Å². The van der Waals surface area contributed by atoms with E-state index in [2.05, 4.69) is 15.2 Å². The Labute approximate surface area is 146 Å². The van der Waals surface area contributed by atoms with Gasteiger partial charge in [-0.2, -0.15) is 0 Å². The van der Waals surface area contributed by atoms with Crippen LogP contribution in [0, 0.1) is 5.82 Å². The molecule has 2 heterocycles. The van der Waals surface area contributed by atoms with Crippen LogP contribution in [0.2, 0.25) is 0 Å². The van der Waals surface area contributed by atoms with Gasteiger partial charge in [-0.15, -0.1) is 0 Å². The number of halogens is 1. The molecule has 1 amide bonds. The number of carbonyl (C=O) groups excluding carboxylic acids is 1. The van der Waals surface area contributed by atoms with Crippen molar-refractivity contribution < 1.29 is 14.3 Å². The number of aliphatic hydroxyl groups excluding tert-OH is 1. The number of nitrogens with one attached hydrogen (secondary N) is 1. The molecule has 0 spiro atoms. The molecule has 0 radical (unpaired) electrons. The largest absolute Gasteiger partial charge is 0.392 e. The van der Waals surface area contributed by atoms with Gasteiger partial charge in [0, 0.05) is 18.3 Å². The molecule has 1 aromatic carbocycles. The van der Waals surface area contributed by atoms with Crippen LogP contribution < -0.4 is 5.32 Å². The van der Waals surface area contributed by atoms with Crippen LogP contribution in [0.3, 0.4) is 0 Å². The van der Waals surface area contributed by atoms with Gasteiger partial charge in [0.1, 0.15) is 11.5 Å². The molecule has 0 aliphatic carbocycles. The number of likely N-dealkylation sites (tertiary alicyclic amines) is 1. The molecule has 3 rings (SSSR count). The number of amides is 1. The quantitative estimate of drug-likeness (QED) is 0.845. The predicted octanol–water partition coefficient (Wildman–Crippen LogP) is 2.28. The van der Waals surface area contributed by atoms with Crippen LogP contribution >= 0.6 is 0 Å². The minimum absolute atomic E-state index is 0.144. The number of aliphatic hydroxyl groups is 1. The molecule has 2 N–H and O–H groups in total. The zero-order valence-corrected chi connectivity index (χ0v) is 14.0. The molecular formula is C19H22FN3O2. The van der Waals surface area contributed by atoms with Crippen molar-refractivity contribution in [1.29, 1.82) is 0 Å². The average Bonchev–Trinajstić information content (AvgIpc) is 3.17. The van der Waals surface area contributed by atoms with Crippen LogP contribution in [0.1, 0.15) is 40.5 Å². The van der Waals surface area contributed by atoms with Crippen molar-refractivity contribution in [1.82, 2.24) is 15.2 Å². The number of hydrogen-bond acceptors (Lipinski definition) is 4. The lowest BCUT2D eigenvalue weighted by Crippen LogP contribution is -2.37. The molecule has 1 aromatic heterocycles. The van der Waals surface area contributed by atoms with E-state index in [0.29, 0.717) is 17.7 Å². The van der Waals surface area contributed by atoms with Crippen LogP contribution in [-0.2, 0) is 6.61 Å². The Morgan fingerprint density at radius 1 is 1.28 bits per heavy atom. The zero-order valence-electron chi connectivity index (χ0n) is 14.0. The minimum Gasteiger partial charge on any atom is -0.392 e. The first-order valence-electron chi connectivity index (χ1n) is 8.51. The number of aromatic nitrogens is 1. The van der Waals surface area contributed by atoms with Crippen LogP contribution in [0.5, 0.6) is 0 Å². The van der Waals surface area contributed by atoms with Crippen LogP contribution in [0.4, 0.5) is 4.39 Å². The predicted molar refractivity (Wildman–Crippen MR) is 92.4 cm³/mol. The number of nitrogens with zero attached hydrogens (tertiary/aromatic N) is 2. The molecule has 1 saturated heterocycles. The summed E-state index contributed by atoms with van der Waals surface area (Å²) in [7, 11) is 0. The van der Waals surface area contributed by atoms with E-state index in [1.54, 1.807) is 24.3 Å². The maximum absolute atomic E-state index is 14.3. The standard InChI is InChI=1S/C19H22FN3O2/c20-16-6-2-1-5-15(16)18(23-9-3-4-10-23)12-22-19(25)17-11-14(13-24)7-8-21-17/h1-2,5-8,11,18,24H,3-4,9-10,12-13H2,(H,22,25)/t18-/m0/s1. The highest BCUT2D eigenvalue weighted by molar-refractivity contribution is 5.92. The van der Waals surface area contributed by atoms with Crippen LogP contribution in [0.15, 0.2) is 42.6 Å². The van der Waals surface area contributed by atoms with Gasteiger partial charge in [0.2, 0.25) is 0 Å². The molecule has 6 heteroatoms. The monoisotopic (exact) mass is 343 g/mol. The average molecular weight is 343 g/mol. The summed E-state index contributed by atoms with van der Waals surface area (Å²) in [6.07, 6.45) is 3.66. The Morgan fingerprint density at radius 3 is 2.76 bits per heavy atom. The molecule has 0 saturated carbocycles. The van der Waals surface area contributed by atoms with E-state index >= 15 is 0 Å². The summed E-state index contributed by atoms with van der Waals surface area (Å²) in [6.45, 7) is 1.96. The molecule has 0 unspecified atom stereocenters. The van der Waals surface area contributed by atoms with Crippen molar-refractivity contribution in [3.63, 3.8) is 0 Å². The fourth-order valence-corrected chi connectivity index (χ4v) is 3.21. The second-order valence-electron chi connectivity index (χ2n) is 6.20. The Hall–Kier alpha value is -2.31. The lowest BCUT2D eigenvalue weighted by atomic mass is 10.0. The first-order valence-corrected chi connectivity index (χ1v) is 8.51. The van der Waals surface area contributed by atoms with Crippen molar-refractivity contribution in [2.75, 3.05) is 19.6 Å². The third-order valence-electron chi connectivity index (χ3n) is 4.54. The normalized spacial score (nSPS) is 15.9. The highest BCUT2D eigenvalue weighted by Gasteiger charge is 2.26. The van der Waals surface area contributed by atoms with E-state index in [0.717, 1.165) is 25.9 Å². The highest BCUT2D eigenvalue weighted by Crippen LogP contribution is 2.26. The fraction of sp³-hybridized carbons (Fsp3) is 0.368. The summed E-state index contributed by atoms with van der Waals surface area (Å²) in [4.78, 5) is 18.6. The van der Waals surface area contributed by atoms with E-state index in [9.17, 15) is 14.3 Å². The molecule has 5 nitrogen and oxygen atoms in total. The minimum atomic E-state index is -0.323. The fourth-order valence-electron chi connectivity index (χ4n) is 3.21. The molecule has 1 atom stereocenters. The molecule has 1 fully saturated rings. The van der Waals surface area contributed by atoms with Gasteiger partial charge < -0.3 is 10.4 Å². The molecule has 1 aliphatic heterocycles. The van der Waals surface area contributed by atoms with E-state index in [-0.39, 0.29) is 30.1 Å². The Kier molecular flexibility index (Phi) is 5.73. The topological polar surface area (TPSA) is 65.5 Å². The molecule has 1 aliphatic rings. The van der Waals surface area contributed by atoms with Gasteiger partial charge in [-0.05, 0) is 49.7 Å². The SMILES string of the molecule is O=C(NC[C@@H](c1ccccc1F)N1CCCC1)c1cc(CO)ccn1. The van der Waals surface area contributed by atoms with Crippen molar-refractivity contribution in [3.05, 3.63) is 65.2 Å². The lowest BCUT2D eigenvalue weighted by Gasteiger charge is -2.28. The van der Waals surface area contributed by atoms with Gasteiger partial charge in [-0.3, -0.25) is 14.7 Å². The molecule has 132 valence electrons. The molecule has 2 aromatic rings. The van der Waals surface area contributed by atoms with Crippen LogP contribution in [-0.4, -0.2) is 40.5 Å².